The van der Waals surface area contributed by atoms with E-state index in [9.17, 15) is 9.59 Å². The van der Waals surface area contributed by atoms with Gasteiger partial charge in [-0.15, -0.1) is 0 Å². The number of hydrogen-bond donors (Lipinski definition) is 1. The molecule has 0 unspecified atom stereocenters. The maximum Gasteiger partial charge on any atom is 0.220 e. The molecule has 1 fully saturated rings. The minimum absolute atomic E-state index is 0.0512. The van der Waals surface area contributed by atoms with Crippen molar-refractivity contribution in [1.82, 2.24) is 9.47 Å². The second-order valence-corrected chi connectivity index (χ2v) is 6.83. The van der Waals surface area contributed by atoms with Crippen LogP contribution in [0.5, 0.6) is 0 Å². The van der Waals surface area contributed by atoms with Crippen LogP contribution in [0.2, 0.25) is 0 Å². The van der Waals surface area contributed by atoms with Crippen LogP contribution in [0, 0.1) is 19.8 Å². The summed E-state index contributed by atoms with van der Waals surface area (Å²) < 4.78 is 7.52. The van der Waals surface area contributed by atoms with Crippen molar-refractivity contribution in [3.8, 4) is 0 Å². The molecule has 1 saturated heterocycles. The van der Waals surface area contributed by atoms with Gasteiger partial charge in [0.05, 0.1) is 19.4 Å². The third-order valence-electron chi connectivity index (χ3n) is 5.13. The minimum atomic E-state index is -0.229. The number of carbonyl (C=O) groups excluding carboxylic acids is 2. The Hall–Kier alpha value is -2.34. The summed E-state index contributed by atoms with van der Waals surface area (Å²) in [4.78, 5) is 26.1. The molecule has 0 aliphatic carbocycles. The molecule has 1 amide bonds. The summed E-state index contributed by atoms with van der Waals surface area (Å²) in [6.45, 7) is 6.47. The smallest absolute Gasteiger partial charge is 0.220 e. The molecule has 3 heterocycles. The van der Waals surface area contributed by atoms with Crippen molar-refractivity contribution in [3.63, 3.8) is 0 Å². The number of Topliss-reactive ketones (excluding diaryl/α,β-unsaturated/α-hetero) is 1. The number of aromatic nitrogens is 1. The second kappa shape index (κ2) is 7.27. The van der Waals surface area contributed by atoms with E-state index in [1.165, 1.54) is 0 Å². The van der Waals surface area contributed by atoms with E-state index in [1.54, 1.807) is 6.26 Å². The van der Waals surface area contributed by atoms with Gasteiger partial charge in [0.2, 0.25) is 5.91 Å². The Kier molecular flexibility index (Phi) is 5.08. The van der Waals surface area contributed by atoms with Crippen molar-refractivity contribution < 1.29 is 14.0 Å². The molecular weight excluding hydrogens is 318 g/mol. The number of aryl methyl sites for hydroxylation is 1. The highest BCUT2D eigenvalue weighted by Gasteiger charge is 2.25. The summed E-state index contributed by atoms with van der Waals surface area (Å²) in [5.74, 6) is 0.711. The number of hydrogen-bond acceptors (Lipinski definition) is 4. The van der Waals surface area contributed by atoms with Gasteiger partial charge in [-0.3, -0.25) is 14.5 Å². The molecule has 2 aromatic rings. The summed E-state index contributed by atoms with van der Waals surface area (Å²) in [6, 6.07) is 5.76. The predicted octanol–water partition coefficient (Wildman–Crippen LogP) is 2.13. The number of likely N-dealkylation sites (tertiary alicyclic amines) is 1. The van der Waals surface area contributed by atoms with E-state index in [4.69, 9.17) is 10.2 Å². The van der Waals surface area contributed by atoms with E-state index in [-0.39, 0.29) is 17.6 Å². The van der Waals surface area contributed by atoms with Gasteiger partial charge in [-0.25, -0.2) is 0 Å². The molecule has 6 heteroatoms. The van der Waals surface area contributed by atoms with Gasteiger partial charge in [0, 0.05) is 22.9 Å². The van der Waals surface area contributed by atoms with E-state index in [0.717, 1.165) is 48.6 Å². The molecule has 0 saturated carbocycles. The average molecular weight is 343 g/mol. The van der Waals surface area contributed by atoms with Crippen LogP contribution in [0.3, 0.4) is 0 Å². The van der Waals surface area contributed by atoms with Crippen molar-refractivity contribution in [2.45, 2.75) is 33.2 Å². The van der Waals surface area contributed by atoms with Gasteiger partial charge in [-0.2, -0.15) is 0 Å². The van der Waals surface area contributed by atoms with Gasteiger partial charge >= 0.3 is 0 Å². The Bertz CT molecular complexity index is 753. The number of primary amides is 1. The quantitative estimate of drug-likeness (QED) is 0.815. The first-order valence-corrected chi connectivity index (χ1v) is 8.69. The molecule has 134 valence electrons. The molecule has 3 rings (SSSR count). The molecule has 2 N–H and O–H groups in total. The lowest BCUT2D eigenvalue weighted by atomic mass is 9.96. The summed E-state index contributed by atoms with van der Waals surface area (Å²) in [5.41, 5.74) is 8.14. The Morgan fingerprint density at radius 3 is 2.60 bits per heavy atom. The number of piperidine rings is 1. The van der Waals surface area contributed by atoms with E-state index in [1.807, 2.05) is 32.0 Å². The number of nitrogens with zero attached hydrogens (tertiary/aromatic N) is 2. The zero-order valence-corrected chi connectivity index (χ0v) is 14.8. The van der Waals surface area contributed by atoms with E-state index < -0.39 is 0 Å². The Morgan fingerprint density at radius 1 is 1.28 bits per heavy atom. The summed E-state index contributed by atoms with van der Waals surface area (Å²) in [7, 11) is 0. The SMILES string of the molecule is Cc1cc(C(=O)CN2CCC(C(N)=O)CC2)c(C)n1Cc1ccco1. The van der Waals surface area contributed by atoms with Crippen molar-refractivity contribution >= 4 is 11.7 Å². The molecule has 0 spiro atoms. The Morgan fingerprint density at radius 2 is 2.00 bits per heavy atom. The first-order valence-electron chi connectivity index (χ1n) is 8.69. The number of furan rings is 1. The van der Waals surface area contributed by atoms with Crippen molar-refractivity contribution in [1.29, 1.82) is 0 Å². The van der Waals surface area contributed by atoms with Gasteiger partial charge in [-0.1, -0.05) is 0 Å². The fourth-order valence-electron chi connectivity index (χ4n) is 3.55. The van der Waals surface area contributed by atoms with Crippen LogP contribution < -0.4 is 5.73 Å². The normalized spacial score (nSPS) is 16.2. The standard InChI is InChI=1S/C19H25N3O3/c1-13-10-17(14(2)22(13)11-16-4-3-9-25-16)18(23)12-21-7-5-15(6-8-21)19(20)24/h3-4,9-10,15H,5-8,11-12H2,1-2H3,(H2,20,24). The first kappa shape index (κ1) is 17.5. The summed E-state index contributed by atoms with van der Waals surface area (Å²) in [6.07, 6.45) is 3.13. The average Bonchev–Trinajstić information content (AvgIpc) is 3.19. The van der Waals surface area contributed by atoms with Crippen LogP contribution in [0.15, 0.2) is 28.9 Å². The van der Waals surface area contributed by atoms with Crippen molar-refractivity contribution in [3.05, 3.63) is 47.2 Å². The van der Waals surface area contributed by atoms with Crippen LogP contribution in [0.1, 0.15) is 40.3 Å². The fraction of sp³-hybridized carbons (Fsp3) is 0.474. The minimum Gasteiger partial charge on any atom is -0.467 e. The van der Waals surface area contributed by atoms with E-state index in [2.05, 4.69) is 9.47 Å². The molecule has 1 aliphatic heterocycles. The fourth-order valence-corrected chi connectivity index (χ4v) is 3.55. The highest BCUT2D eigenvalue weighted by Crippen LogP contribution is 2.20. The van der Waals surface area contributed by atoms with Crippen LogP contribution in [-0.2, 0) is 11.3 Å². The Balaban J connectivity index is 1.66. The zero-order chi connectivity index (χ0) is 18.0. The van der Waals surface area contributed by atoms with Crippen molar-refractivity contribution in [2.24, 2.45) is 11.7 Å². The molecule has 1 aliphatic rings. The number of amides is 1. The Labute approximate surface area is 147 Å². The van der Waals surface area contributed by atoms with Crippen LogP contribution in [0.25, 0.3) is 0 Å². The van der Waals surface area contributed by atoms with E-state index in [0.29, 0.717) is 13.1 Å². The first-order chi connectivity index (χ1) is 12.0. The van der Waals surface area contributed by atoms with Crippen molar-refractivity contribution in [2.75, 3.05) is 19.6 Å². The molecule has 25 heavy (non-hydrogen) atoms. The third-order valence-corrected chi connectivity index (χ3v) is 5.13. The molecule has 0 bridgehead atoms. The van der Waals surface area contributed by atoms with Gasteiger partial charge < -0.3 is 14.7 Å². The largest absolute Gasteiger partial charge is 0.467 e. The van der Waals surface area contributed by atoms with Crippen LogP contribution in [0.4, 0.5) is 0 Å². The maximum atomic E-state index is 12.7. The zero-order valence-electron chi connectivity index (χ0n) is 14.8. The topological polar surface area (TPSA) is 81.5 Å². The summed E-state index contributed by atoms with van der Waals surface area (Å²) >= 11 is 0. The molecule has 0 radical (unpaired) electrons. The number of ketones is 1. The highest BCUT2D eigenvalue weighted by molar-refractivity contribution is 5.99. The monoisotopic (exact) mass is 343 g/mol. The predicted molar refractivity (Wildman–Crippen MR) is 94.4 cm³/mol. The third kappa shape index (κ3) is 3.85. The van der Waals surface area contributed by atoms with Gasteiger partial charge in [0.1, 0.15) is 5.76 Å². The number of nitrogens with two attached hydrogens (primary N) is 1. The second-order valence-electron chi connectivity index (χ2n) is 6.83. The number of carbonyl (C=O) groups is 2. The van der Waals surface area contributed by atoms with Gasteiger partial charge in [0.25, 0.3) is 0 Å². The molecular formula is C19H25N3O3. The maximum absolute atomic E-state index is 12.7. The van der Waals surface area contributed by atoms with E-state index >= 15 is 0 Å². The molecule has 0 atom stereocenters. The van der Waals surface area contributed by atoms with Gasteiger partial charge in [0.15, 0.2) is 5.78 Å². The summed E-state index contributed by atoms with van der Waals surface area (Å²) in [5, 5.41) is 0. The number of rotatable bonds is 6. The molecule has 2 aromatic heterocycles. The highest BCUT2D eigenvalue weighted by atomic mass is 16.3. The lowest BCUT2D eigenvalue weighted by Crippen LogP contribution is -2.40. The van der Waals surface area contributed by atoms with Gasteiger partial charge in [-0.05, 0) is 58.0 Å². The molecule has 6 nitrogen and oxygen atoms in total. The lowest BCUT2D eigenvalue weighted by Gasteiger charge is -2.29. The lowest BCUT2D eigenvalue weighted by molar-refractivity contribution is -0.123. The molecule has 0 aromatic carbocycles. The van der Waals surface area contributed by atoms with Crippen LogP contribution in [-0.4, -0.2) is 40.8 Å². The van der Waals surface area contributed by atoms with Crippen LogP contribution >= 0.6 is 0 Å².